The second kappa shape index (κ2) is 9.31. The lowest BCUT2D eigenvalue weighted by Crippen LogP contribution is -2.19. The fraction of sp³-hybridized carbons (Fsp3) is 0.240. The second-order valence-electron chi connectivity index (χ2n) is 7.41. The lowest BCUT2D eigenvalue weighted by atomic mass is 9.98. The van der Waals surface area contributed by atoms with Crippen molar-refractivity contribution in [3.05, 3.63) is 93.8 Å². The standard InChI is InChI=1S/C25H24N4O2/c1-2-31-25(30)23-21(13-17-6-8-20(9-7-17)24-27-10-11-28-24)16-29-22(23)14-18-4-3-5-19(12-18)15-26/h3-9,12,16,29H,2,10-11,13-14H2,1H3,(H,27,28). The van der Waals surface area contributed by atoms with E-state index in [1.54, 1.807) is 13.0 Å². The molecule has 6 nitrogen and oxygen atoms in total. The van der Waals surface area contributed by atoms with Gasteiger partial charge in [0.15, 0.2) is 0 Å². The number of amidine groups is 1. The van der Waals surface area contributed by atoms with E-state index in [1.807, 2.05) is 24.4 Å². The molecule has 1 aliphatic rings. The van der Waals surface area contributed by atoms with Crippen LogP contribution in [-0.2, 0) is 17.6 Å². The van der Waals surface area contributed by atoms with Crippen LogP contribution in [0.5, 0.6) is 0 Å². The van der Waals surface area contributed by atoms with Gasteiger partial charge in [0.1, 0.15) is 5.84 Å². The van der Waals surface area contributed by atoms with Crippen LogP contribution in [0.3, 0.4) is 0 Å². The zero-order valence-corrected chi connectivity index (χ0v) is 17.4. The van der Waals surface area contributed by atoms with E-state index in [1.165, 1.54) is 0 Å². The van der Waals surface area contributed by atoms with Crippen molar-refractivity contribution in [3.63, 3.8) is 0 Å². The Labute approximate surface area is 181 Å². The van der Waals surface area contributed by atoms with Gasteiger partial charge in [-0.25, -0.2) is 4.79 Å². The van der Waals surface area contributed by atoms with E-state index >= 15 is 0 Å². The van der Waals surface area contributed by atoms with Crippen LogP contribution in [0.4, 0.5) is 0 Å². The minimum absolute atomic E-state index is 0.316. The summed E-state index contributed by atoms with van der Waals surface area (Å²) in [5.41, 5.74) is 6.01. The molecular formula is C25H24N4O2. The monoisotopic (exact) mass is 412 g/mol. The minimum Gasteiger partial charge on any atom is -0.462 e. The number of hydrogen-bond acceptors (Lipinski definition) is 5. The fourth-order valence-corrected chi connectivity index (χ4v) is 3.80. The Bertz CT molecular complexity index is 1150. The van der Waals surface area contributed by atoms with Gasteiger partial charge in [-0.15, -0.1) is 0 Å². The number of aromatic nitrogens is 1. The maximum Gasteiger partial charge on any atom is 0.340 e. The number of nitriles is 1. The van der Waals surface area contributed by atoms with Crippen LogP contribution < -0.4 is 5.32 Å². The first-order valence-corrected chi connectivity index (χ1v) is 10.4. The normalized spacial score (nSPS) is 12.7. The lowest BCUT2D eigenvalue weighted by Gasteiger charge is -2.09. The minimum atomic E-state index is -0.327. The van der Waals surface area contributed by atoms with Gasteiger partial charge in [-0.1, -0.05) is 36.4 Å². The number of carbonyl (C=O) groups excluding carboxylic acids is 1. The number of carbonyl (C=O) groups is 1. The lowest BCUT2D eigenvalue weighted by molar-refractivity contribution is 0.0524. The van der Waals surface area contributed by atoms with Crippen LogP contribution in [0.1, 0.15) is 50.8 Å². The Balaban J connectivity index is 1.59. The number of rotatable bonds is 7. The third-order valence-electron chi connectivity index (χ3n) is 5.26. The van der Waals surface area contributed by atoms with Gasteiger partial charge < -0.3 is 15.0 Å². The topological polar surface area (TPSA) is 90.3 Å². The van der Waals surface area contributed by atoms with Crippen molar-refractivity contribution in [2.75, 3.05) is 19.7 Å². The number of aromatic amines is 1. The van der Waals surface area contributed by atoms with Gasteiger partial charge in [0, 0.05) is 30.4 Å². The zero-order chi connectivity index (χ0) is 21.6. The molecule has 0 saturated carbocycles. The van der Waals surface area contributed by atoms with Crippen molar-refractivity contribution in [3.8, 4) is 6.07 Å². The van der Waals surface area contributed by atoms with Gasteiger partial charge in [0.2, 0.25) is 0 Å². The summed E-state index contributed by atoms with van der Waals surface area (Å²) in [5, 5.41) is 12.4. The summed E-state index contributed by atoms with van der Waals surface area (Å²) >= 11 is 0. The van der Waals surface area contributed by atoms with Crippen molar-refractivity contribution in [1.82, 2.24) is 10.3 Å². The molecule has 1 aromatic heterocycles. The van der Waals surface area contributed by atoms with E-state index in [0.717, 1.165) is 46.9 Å². The molecule has 2 aromatic carbocycles. The first-order valence-electron chi connectivity index (χ1n) is 10.4. The second-order valence-corrected chi connectivity index (χ2v) is 7.41. The average molecular weight is 412 g/mol. The largest absolute Gasteiger partial charge is 0.462 e. The molecule has 0 saturated heterocycles. The van der Waals surface area contributed by atoms with Crippen molar-refractivity contribution < 1.29 is 9.53 Å². The number of nitrogens with one attached hydrogen (secondary N) is 2. The highest BCUT2D eigenvalue weighted by atomic mass is 16.5. The Morgan fingerprint density at radius 1 is 1.16 bits per heavy atom. The van der Waals surface area contributed by atoms with Gasteiger partial charge in [-0.2, -0.15) is 5.26 Å². The summed E-state index contributed by atoms with van der Waals surface area (Å²) in [6.45, 7) is 3.81. The fourth-order valence-electron chi connectivity index (χ4n) is 3.80. The summed E-state index contributed by atoms with van der Waals surface area (Å²) in [5.74, 6) is 0.605. The molecule has 0 radical (unpaired) electrons. The molecule has 156 valence electrons. The van der Waals surface area contributed by atoms with Crippen LogP contribution in [-0.4, -0.2) is 36.5 Å². The number of benzene rings is 2. The molecule has 2 heterocycles. The highest BCUT2D eigenvalue weighted by molar-refractivity contribution is 5.99. The molecule has 1 aliphatic heterocycles. The number of aliphatic imine (C=N–C) groups is 1. The van der Waals surface area contributed by atoms with Gasteiger partial charge in [0.25, 0.3) is 0 Å². The Hall–Kier alpha value is -3.85. The molecule has 31 heavy (non-hydrogen) atoms. The molecule has 0 atom stereocenters. The van der Waals surface area contributed by atoms with E-state index in [4.69, 9.17) is 10.00 Å². The van der Waals surface area contributed by atoms with Crippen molar-refractivity contribution in [1.29, 1.82) is 5.26 Å². The van der Waals surface area contributed by atoms with Crippen LogP contribution in [0.25, 0.3) is 0 Å². The summed E-state index contributed by atoms with van der Waals surface area (Å²) in [4.78, 5) is 20.5. The van der Waals surface area contributed by atoms with Crippen LogP contribution >= 0.6 is 0 Å². The van der Waals surface area contributed by atoms with E-state index in [9.17, 15) is 4.79 Å². The summed E-state index contributed by atoms with van der Waals surface area (Å²) in [7, 11) is 0. The van der Waals surface area contributed by atoms with Gasteiger partial charge >= 0.3 is 5.97 Å². The predicted octanol–water partition coefficient (Wildman–Crippen LogP) is 3.59. The predicted molar refractivity (Wildman–Crippen MR) is 119 cm³/mol. The SMILES string of the molecule is CCOC(=O)c1c(Cc2ccc(C3=NCCN3)cc2)c[nH]c1Cc1cccc(C#N)c1. The Morgan fingerprint density at radius 3 is 2.71 bits per heavy atom. The molecule has 2 N–H and O–H groups in total. The molecule has 0 aliphatic carbocycles. The number of esters is 1. The third-order valence-corrected chi connectivity index (χ3v) is 5.26. The van der Waals surface area contributed by atoms with Crippen LogP contribution in [0.15, 0.2) is 59.7 Å². The molecule has 4 rings (SSSR count). The van der Waals surface area contributed by atoms with Crippen molar-refractivity contribution in [2.24, 2.45) is 4.99 Å². The van der Waals surface area contributed by atoms with E-state index in [-0.39, 0.29) is 5.97 Å². The maximum absolute atomic E-state index is 12.8. The third kappa shape index (κ3) is 4.67. The van der Waals surface area contributed by atoms with Crippen molar-refractivity contribution >= 4 is 11.8 Å². The molecule has 0 unspecified atom stereocenters. The highest BCUT2D eigenvalue weighted by Crippen LogP contribution is 2.23. The van der Waals surface area contributed by atoms with Gasteiger partial charge in [-0.3, -0.25) is 4.99 Å². The maximum atomic E-state index is 12.8. The molecule has 0 amide bonds. The number of ether oxygens (including phenoxy) is 1. The smallest absolute Gasteiger partial charge is 0.340 e. The number of nitrogens with zero attached hydrogens (tertiary/aromatic N) is 2. The molecule has 3 aromatic rings. The van der Waals surface area contributed by atoms with Crippen LogP contribution in [0.2, 0.25) is 0 Å². The molecule has 0 bridgehead atoms. The van der Waals surface area contributed by atoms with Gasteiger partial charge in [0.05, 0.1) is 30.3 Å². The Morgan fingerprint density at radius 2 is 2.00 bits per heavy atom. The highest BCUT2D eigenvalue weighted by Gasteiger charge is 2.20. The molecular weight excluding hydrogens is 388 g/mol. The summed E-state index contributed by atoms with van der Waals surface area (Å²) in [6, 6.07) is 17.8. The van der Waals surface area contributed by atoms with E-state index < -0.39 is 0 Å². The number of H-pyrrole nitrogens is 1. The van der Waals surface area contributed by atoms with Gasteiger partial charge in [-0.05, 0) is 42.2 Å². The first-order chi connectivity index (χ1) is 15.2. The molecule has 0 fully saturated rings. The van der Waals surface area contributed by atoms with E-state index in [0.29, 0.717) is 30.6 Å². The number of hydrogen-bond donors (Lipinski definition) is 2. The molecule has 0 spiro atoms. The molecule has 6 heteroatoms. The zero-order valence-electron chi connectivity index (χ0n) is 17.4. The first kappa shape index (κ1) is 20.4. The van der Waals surface area contributed by atoms with Crippen molar-refractivity contribution in [2.45, 2.75) is 19.8 Å². The average Bonchev–Trinajstić information content (AvgIpc) is 3.45. The summed E-state index contributed by atoms with van der Waals surface area (Å²) < 4.78 is 5.34. The van der Waals surface area contributed by atoms with Crippen LogP contribution in [0, 0.1) is 11.3 Å². The van der Waals surface area contributed by atoms with E-state index in [2.05, 4.69) is 45.6 Å². The quantitative estimate of drug-likeness (QED) is 0.580. The summed E-state index contributed by atoms with van der Waals surface area (Å²) in [6.07, 6.45) is 3.02. The Kier molecular flexibility index (Phi) is 6.13.